The van der Waals surface area contributed by atoms with Crippen LogP contribution >= 0.6 is 11.6 Å². The lowest BCUT2D eigenvalue weighted by atomic mass is 9.88. The van der Waals surface area contributed by atoms with E-state index in [9.17, 15) is 13.6 Å². The zero-order valence-corrected chi connectivity index (χ0v) is 14.0. The van der Waals surface area contributed by atoms with Crippen molar-refractivity contribution in [3.8, 4) is 5.75 Å². The molecule has 1 aliphatic heterocycles. The minimum Gasteiger partial charge on any atom is -0.435 e. The van der Waals surface area contributed by atoms with Gasteiger partial charge in [0.25, 0.3) is 0 Å². The van der Waals surface area contributed by atoms with Gasteiger partial charge in [-0.1, -0.05) is 35.9 Å². The zero-order valence-electron chi connectivity index (χ0n) is 13.2. The highest BCUT2D eigenvalue weighted by Crippen LogP contribution is 2.28. The number of alkyl halides is 2. The maximum Gasteiger partial charge on any atom is 0.387 e. The summed E-state index contributed by atoms with van der Waals surface area (Å²) in [4.78, 5) is 12.1. The van der Waals surface area contributed by atoms with Crippen molar-refractivity contribution < 1.29 is 18.3 Å². The van der Waals surface area contributed by atoms with E-state index in [1.807, 2.05) is 12.1 Å². The van der Waals surface area contributed by atoms with Gasteiger partial charge in [0.05, 0.1) is 6.04 Å². The monoisotopic (exact) mass is 366 g/mol. The summed E-state index contributed by atoms with van der Waals surface area (Å²) in [5, 5.41) is 0.649. The van der Waals surface area contributed by atoms with Crippen molar-refractivity contribution in [2.75, 3.05) is 0 Å². The number of benzene rings is 2. The van der Waals surface area contributed by atoms with Crippen LogP contribution in [0.15, 0.2) is 48.5 Å². The van der Waals surface area contributed by atoms with Crippen LogP contribution in [0.5, 0.6) is 5.75 Å². The Hall–Kier alpha value is -2.18. The van der Waals surface area contributed by atoms with E-state index in [1.54, 1.807) is 30.3 Å². The Balaban J connectivity index is 1.70. The maximum atomic E-state index is 12.3. The maximum absolute atomic E-state index is 12.3. The molecule has 0 aromatic heterocycles. The number of hydrogen-bond donors (Lipinski definition) is 2. The van der Waals surface area contributed by atoms with Crippen LogP contribution in [0, 0.1) is 5.92 Å². The van der Waals surface area contributed by atoms with Gasteiger partial charge < -0.3 is 4.74 Å². The molecule has 0 saturated carbocycles. The Labute approximate surface area is 149 Å². The Morgan fingerprint density at radius 1 is 1.20 bits per heavy atom. The Bertz CT molecular complexity index is 740. The van der Waals surface area contributed by atoms with Crippen molar-refractivity contribution in [1.82, 2.24) is 10.9 Å². The lowest BCUT2D eigenvalue weighted by Gasteiger charge is -2.30. The Morgan fingerprint density at radius 2 is 1.96 bits per heavy atom. The molecule has 132 valence electrons. The van der Waals surface area contributed by atoms with Crippen LogP contribution in [-0.2, 0) is 11.2 Å². The topological polar surface area (TPSA) is 50.4 Å². The van der Waals surface area contributed by atoms with E-state index in [4.69, 9.17) is 11.6 Å². The molecule has 2 atom stereocenters. The molecule has 3 rings (SSSR count). The number of carbonyl (C=O) groups is 1. The molecule has 1 amide bonds. The number of rotatable bonds is 5. The molecule has 0 bridgehead atoms. The van der Waals surface area contributed by atoms with Gasteiger partial charge in [0.1, 0.15) is 5.75 Å². The fraction of sp³-hybridized carbons (Fsp3) is 0.278. The van der Waals surface area contributed by atoms with E-state index in [0.717, 1.165) is 11.1 Å². The van der Waals surface area contributed by atoms with Gasteiger partial charge in [0.2, 0.25) is 5.91 Å². The van der Waals surface area contributed by atoms with Crippen molar-refractivity contribution in [1.29, 1.82) is 0 Å². The third kappa shape index (κ3) is 4.67. The summed E-state index contributed by atoms with van der Waals surface area (Å²) in [7, 11) is 0. The molecule has 0 aliphatic carbocycles. The van der Waals surface area contributed by atoms with Crippen LogP contribution in [0.3, 0.4) is 0 Å². The predicted molar refractivity (Wildman–Crippen MR) is 90.4 cm³/mol. The number of amides is 1. The van der Waals surface area contributed by atoms with Crippen LogP contribution in [0.2, 0.25) is 5.02 Å². The molecule has 0 radical (unpaired) electrons. The largest absolute Gasteiger partial charge is 0.435 e. The predicted octanol–water partition coefficient (Wildman–Crippen LogP) is 3.87. The van der Waals surface area contributed by atoms with E-state index < -0.39 is 6.61 Å². The van der Waals surface area contributed by atoms with Crippen molar-refractivity contribution in [3.63, 3.8) is 0 Å². The number of ether oxygens (including phenoxy) is 1. The van der Waals surface area contributed by atoms with Crippen LogP contribution in [0.25, 0.3) is 0 Å². The van der Waals surface area contributed by atoms with Gasteiger partial charge in [0.15, 0.2) is 0 Å². The van der Waals surface area contributed by atoms with Crippen LogP contribution < -0.4 is 15.6 Å². The van der Waals surface area contributed by atoms with Gasteiger partial charge >= 0.3 is 6.61 Å². The van der Waals surface area contributed by atoms with Crippen LogP contribution in [-0.4, -0.2) is 12.5 Å². The molecule has 1 heterocycles. The van der Waals surface area contributed by atoms with Crippen molar-refractivity contribution in [2.24, 2.45) is 5.92 Å². The molecular weight excluding hydrogens is 350 g/mol. The average Bonchev–Trinajstić information content (AvgIpc) is 2.57. The summed E-state index contributed by atoms with van der Waals surface area (Å²) in [6.07, 6.45) is 1.03. The lowest BCUT2D eigenvalue weighted by molar-refractivity contribution is -0.129. The summed E-state index contributed by atoms with van der Waals surface area (Å²) in [5.74, 6) is -0.301. The van der Waals surface area contributed by atoms with E-state index in [-0.39, 0.29) is 23.6 Å². The van der Waals surface area contributed by atoms with Gasteiger partial charge in [-0.2, -0.15) is 8.78 Å². The quantitative estimate of drug-likeness (QED) is 0.844. The van der Waals surface area contributed by atoms with Gasteiger partial charge in [-0.15, -0.1) is 0 Å². The second-order valence-corrected chi connectivity index (χ2v) is 6.34. The molecule has 1 fully saturated rings. The summed E-state index contributed by atoms with van der Waals surface area (Å²) in [6.45, 7) is -2.87. The molecule has 2 unspecified atom stereocenters. The molecule has 4 nitrogen and oxygen atoms in total. The number of carbonyl (C=O) groups excluding carboxylic acids is 1. The van der Waals surface area contributed by atoms with Gasteiger partial charge in [0, 0.05) is 10.9 Å². The van der Waals surface area contributed by atoms with Crippen molar-refractivity contribution >= 4 is 17.5 Å². The van der Waals surface area contributed by atoms with Gasteiger partial charge in [-0.05, 0) is 48.2 Å². The van der Waals surface area contributed by atoms with Crippen LogP contribution in [0.4, 0.5) is 8.78 Å². The second kappa shape index (κ2) is 7.80. The first-order valence-corrected chi connectivity index (χ1v) is 8.23. The van der Waals surface area contributed by atoms with Crippen LogP contribution in [0.1, 0.15) is 23.6 Å². The normalized spacial score (nSPS) is 20.4. The summed E-state index contributed by atoms with van der Waals surface area (Å²) >= 11 is 5.91. The number of nitrogens with one attached hydrogen (secondary N) is 2. The molecule has 2 aromatic rings. The van der Waals surface area contributed by atoms with Gasteiger partial charge in [-0.3, -0.25) is 10.2 Å². The van der Waals surface area contributed by atoms with E-state index >= 15 is 0 Å². The smallest absolute Gasteiger partial charge is 0.387 e. The van der Waals surface area contributed by atoms with Gasteiger partial charge in [-0.25, -0.2) is 5.43 Å². The van der Waals surface area contributed by atoms with Crippen molar-refractivity contribution in [2.45, 2.75) is 25.5 Å². The third-order valence-corrected chi connectivity index (χ3v) is 4.39. The van der Waals surface area contributed by atoms with E-state index in [2.05, 4.69) is 15.6 Å². The number of halogens is 3. The molecule has 7 heteroatoms. The molecule has 0 spiro atoms. The minimum absolute atomic E-state index is 0.0412. The molecule has 25 heavy (non-hydrogen) atoms. The molecule has 1 aliphatic rings. The molecule has 1 saturated heterocycles. The second-order valence-electron chi connectivity index (χ2n) is 5.90. The fourth-order valence-corrected chi connectivity index (χ4v) is 3.06. The summed E-state index contributed by atoms with van der Waals surface area (Å²) < 4.78 is 29.1. The van der Waals surface area contributed by atoms with E-state index in [1.165, 1.54) is 6.07 Å². The standard InChI is InChI=1S/C18H17ClF2N2O2/c19-14-6-4-12(5-7-14)16-10-13(17(24)23-22-16)8-11-2-1-3-15(9-11)25-18(20)21/h1-7,9,13,16,18,22H,8,10H2,(H,23,24). The number of hydrogen-bond acceptors (Lipinski definition) is 3. The number of hydrazine groups is 1. The fourth-order valence-electron chi connectivity index (χ4n) is 2.93. The van der Waals surface area contributed by atoms with Crippen molar-refractivity contribution in [3.05, 3.63) is 64.7 Å². The Morgan fingerprint density at radius 3 is 2.68 bits per heavy atom. The van der Waals surface area contributed by atoms with E-state index in [0.29, 0.717) is 17.9 Å². The average molecular weight is 367 g/mol. The minimum atomic E-state index is -2.87. The summed E-state index contributed by atoms with van der Waals surface area (Å²) in [5.41, 5.74) is 7.47. The molecular formula is C18H17ClF2N2O2. The lowest BCUT2D eigenvalue weighted by Crippen LogP contribution is -2.49. The highest BCUT2D eigenvalue weighted by atomic mass is 35.5. The first-order chi connectivity index (χ1) is 12.0. The molecule has 2 aromatic carbocycles. The third-order valence-electron chi connectivity index (χ3n) is 4.14. The highest BCUT2D eigenvalue weighted by Gasteiger charge is 2.29. The molecule has 2 N–H and O–H groups in total. The summed E-state index contributed by atoms with van der Waals surface area (Å²) in [6, 6.07) is 13.8. The SMILES string of the molecule is O=C1NNC(c2ccc(Cl)cc2)CC1Cc1cccc(OC(F)F)c1. The zero-order chi connectivity index (χ0) is 17.8. The first kappa shape index (κ1) is 17.6. The Kier molecular flexibility index (Phi) is 5.50. The highest BCUT2D eigenvalue weighted by molar-refractivity contribution is 6.30. The first-order valence-electron chi connectivity index (χ1n) is 7.86.